The van der Waals surface area contributed by atoms with Crippen LogP contribution in [-0.4, -0.2) is 41.3 Å². The van der Waals surface area contributed by atoms with Crippen molar-refractivity contribution in [2.24, 2.45) is 0 Å². The summed E-state index contributed by atoms with van der Waals surface area (Å²) >= 11 is 0. The number of nitrogens with zero attached hydrogens (tertiary/aromatic N) is 3. The van der Waals surface area contributed by atoms with Crippen LogP contribution >= 0.6 is 0 Å². The van der Waals surface area contributed by atoms with E-state index in [1.54, 1.807) is 37.3 Å². The van der Waals surface area contributed by atoms with Crippen LogP contribution in [0.5, 0.6) is 0 Å². The summed E-state index contributed by atoms with van der Waals surface area (Å²) in [6.07, 6.45) is 5.94. The number of carbonyl (C=O) groups excluding carboxylic acids is 1. The van der Waals surface area contributed by atoms with Gasteiger partial charge in [-0.25, -0.2) is 13.4 Å². The van der Waals surface area contributed by atoms with Crippen molar-refractivity contribution in [2.75, 3.05) is 18.4 Å². The van der Waals surface area contributed by atoms with Crippen LogP contribution in [0.1, 0.15) is 47.6 Å². The molecule has 8 heteroatoms. The van der Waals surface area contributed by atoms with E-state index in [-0.39, 0.29) is 10.8 Å². The maximum atomic E-state index is 13.0. The van der Waals surface area contributed by atoms with E-state index in [4.69, 9.17) is 0 Å². The fourth-order valence-corrected chi connectivity index (χ4v) is 5.81. The molecule has 1 aliphatic carbocycles. The highest BCUT2D eigenvalue weighted by Gasteiger charge is 2.29. The van der Waals surface area contributed by atoms with Gasteiger partial charge < -0.3 is 9.88 Å². The molecule has 0 radical (unpaired) electrons. The summed E-state index contributed by atoms with van der Waals surface area (Å²) in [5.74, 6) is -0.286. The predicted molar refractivity (Wildman–Crippen MR) is 115 cm³/mol. The van der Waals surface area contributed by atoms with Crippen molar-refractivity contribution in [2.45, 2.75) is 43.5 Å². The highest BCUT2D eigenvalue weighted by Crippen LogP contribution is 2.37. The van der Waals surface area contributed by atoms with Crippen molar-refractivity contribution < 1.29 is 13.2 Å². The molecule has 0 unspecified atom stereocenters. The van der Waals surface area contributed by atoms with Crippen molar-refractivity contribution in [3.8, 4) is 0 Å². The molecule has 0 bridgehead atoms. The summed E-state index contributed by atoms with van der Waals surface area (Å²) in [6, 6.07) is 11.0. The maximum absolute atomic E-state index is 13.0. The second-order valence-corrected chi connectivity index (χ2v) is 10.0. The Kier molecular flexibility index (Phi) is 4.63. The van der Waals surface area contributed by atoms with Gasteiger partial charge in [-0.1, -0.05) is 6.07 Å². The third-order valence-electron chi connectivity index (χ3n) is 5.91. The van der Waals surface area contributed by atoms with E-state index >= 15 is 0 Å². The number of hydrogen-bond acceptors (Lipinski definition) is 4. The monoisotopic (exact) mass is 424 g/mol. The second-order valence-electron chi connectivity index (χ2n) is 8.13. The fourth-order valence-electron chi connectivity index (χ4n) is 4.04. The smallest absolute Gasteiger partial charge is 0.255 e. The van der Waals surface area contributed by atoms with Gasteiger partial charge in [0.2, 0.25) is 10.0 Å². The second kappa shape index (κ2) is 7.21. The Labute approximate surface area is 175 Å². The van der Waals surface area contributed by atoms with E-state index < -0.39 is 10.0 Å². The quantitative estimate of drug-likeness (QED) is 0.677. The van der Waals surface area contributed by atoms with E-state index in [0.717, 1.165) is 23.9 Å². The van der Waals surface area contributed by atoms with Crippen molar-refractivity contribution in [3.63, 3.8) is 0 Å². The van der Waals surface area contributed by atoms with E-state index in [2.05, 4.69) is 14.9 Å². The number of nitrogens with one attached hydrogen (secondary N) is 1. The van der Waals surface area contributed by atoms with E-state index in [9.17, 15) is 13.2 Å². The number of aromatic nitrogens is 2. The summed E-state index contributed by atoms with van der Waals surface area (Å²) in [4.78, 5) is 17.5. The highest BCUT2D eigenvalue weighted by molar-refractivity contribution is 7.89. The van der Waals surface area contributed by atoms with Gasteiger partial charge in [0.15, 0.2) is 0 Å². The van der Waals surface area contributed by atoms with Crippen molar-refractivity contribution in [1.82, 2.24) is 13.9 Å². The Bertz CT molecular complexity index is 1240. The zero-order chi connectivity index (χ0) is 20.9. The zero-order valence-corrected chi connectivity index (χ0v) is 17.7. The molecule has 0 atom stereocenters. The van der Waals surface area contributed by atoms with Crippen LogP contribution in [0.2, 0.25) is 0 Å². The highest BCUT2D eigenvalue weighted by atomic mass is 32.2. The number of carbonyl (C=O) groups is 1. The number of benzene rings is 2. The summed E-state index contributed by atoms with van der Waals surface area (Å²) in [7, 11) is -3.55. The van der Waals surface area contributed by atoms with Crippen LogP contribution in [0.3, 0.4) is 0 Å². The number of anilines is 1. The third kappa shape index (κ3) is 3.40. The van der Waals surface area contributed by atoms with Crippen molar-refractivity contribution in [3.05, 3.63) is 53.9 Å². The molecule has 5 rings (SSSR count). The first-order valence-corrected chi connectivity index (χ1v) is 11.8. The van der Waals surface area contributed by atoms with Crippen LogP contribution in [0, 0.1) is 6.92 Å². The Morgan fingerprint density at radius 3 is 2.60 bits per heavy atom. The molecule has 2 fully saturated rings. The Hall–Kier alpha value is -2.71. The fraction of sp³-hybridized carbons (Fsp3) is 0.364. The summed E-state index contributed by atoms with van der Waals surface area (Å²) < 4.78 is 29.6. The molecule has 156 valence electrons. The van der Waals surface area contributed by atoms with Gasteiger partial charge in [-0.3, -0.25) is 4.79 Å². The van der Waals surface area contributed by atoms with Crippen LogP contribution in [0.15, 0.2) is 47.6 Å². The number of amides is 1. The number of sulfonamides is 1. The van der Waals surface area contributed by atoms with Gasteiger partial charge in [-0.2, -0.15) is 4.31 Å². The molecule has 3 aromatic rings. The molecule has 2 heterocycles. The van der Waals surface area contributed by atoms with E-state index in [0.29, 0.717) is 35.9 Å². The molecule has 1 aliphatic heterocycles. The molecule has 1 saturated carbocycles. The molecule has 1 amide bonds. The standard InChI is InChI=1S/C22H24N4O3S/c1-15-4-6-17(13-21(15)30(28,29)25-10-2-3-11-25)24-22(27)16-5-9-20-19(12-16)23-14-26(20)18-7-8-18/h4-6,9,12-14,18H,2-3,7-8,10-11H2,1H3,(H,24,27). The average Bonchev–Trinajstić information content (AvgIpc) is 3.25. The Morgan fingerprint density at radius 1 is 1.10 bits per heavy atom. The zero-order valence-electron chi connectivity index (χ0n) is 16.8. The molecule has 1 N–H and O–H groups in total. The number of aryl methyl sites for hydroxylation is 1. The molecule has 7 nitrogen and oxygen atoms in total. The summed E-state index contributed by atoms with van der Waals surface area (Å²) in [5, 5.41) is 2.84. The SMILES string of the molecule is Cc1ccc(NC(=O)c2ccc3c(c2)ncn3C2CC2)cc1S(=O)(=O)N1CCCC1. The average molecular weight is 425 g/mol. The summed E-state index contributed by atoms with van der Waals surface area (Å²) in [6.45, 7) is 2.87. The minimum atomic E-state index is -3.55. The van der Waals surface area contributed by atoms with Gasteiger partial charge in [0.25, 0.3) is 5.91 Å². The first-order valence-electron chi connectivity index (χ1n) is 10.3. The lowest BCUT2D eigenvalue weighted by atomic mass is 10.1. The lowest BCUT2D eigenvalue weighted by Gasteiger charge is -2.18. The Balaban J connectivity index is 1.40. The number of hydrogen-bond donors (Lipinski definition) is 1. The first kappa shape index (κ1) is 19.3. The molecule has 0 spiro atoms. The first-order chi connectivity index (χ1) is 14.4. The van der Waals surface area contributed by atoms with Gasteiger partial charge >= 0.3 is 0 Å². The molecule has 2 aliphatic rings. The van der Waals surface area contributed by atoms with Crippen molar-refractivity contribution in [1.29, 1.82) is 0 Å². The minimum Gasteiger partial charge on any atom is -0.327 e. The molecular weight excluding hydrogens is 400 g/mol. The number of imidazole rings is 1. The van der Waals surface area contributed by atoms with Crippen LogP contribution in [-0.2, 0) is 10.0 Å². The Morgan fingerprint density at radius 2 is 1.87 bits per heavy atom. The van der Waals surface area contributed by atoms with Gasteiger partial charge in [-0.15, -0.1) is 0 Å². The van der Waals surface area contributed by atoms with Crippen LogP contribution in [0.25, 0.3) is 11.0 Å². The minimum absolute atomic E-state index is 0.251. The van der Waals surface area contributed by atoms with E-state index in [1.165, 1.54) is 17.1 Å². The lowest BCUT2D eigenvalue weighted by Crippen LogP contribution is -2.28. The van der Waals surface area contributed by atoms with Crippen LogP contribution in [0.4, 0.5) is 5.69 Å². The van der Waals surface area contributed by atoms with Gasteiger partial charge in [0.1, 0.15) is 0 Å². The normalized spacial score (nSPS) is 17.5. The molecule has 1 saturated heterocycles. The largest absolute Gasteiger partial charge is 0.327 e. The third-order valence-corrected chi connectivity index (χ3v) is 7.95. The maximum Gasteiger partial charge on any atom is 0.255 e. The van der Waals surface area contributed by atoms with E-state index in [1.807, 2.05) is 12.4 Å². The predicted octanol–water partition coefficient (Wildman–Crippen LogP) is 3.72. The van der Waals surface area contributed by atoms with Crippen LogP contribution < -0.4 is 5.32 Å². The molecular formula is C22H24N4O3S. The van der Waals surface area contributed by atoms with Crippen molar-refractivity contribution >= 4 is 32.7 Å². The topological polar surface area (TPSA) is 84.3 Å². The van der Waals surface area contributed by atoms with Gasteiger partial charge in [-0.05, 0) is 68.5 Å². The van der Waals surface area contributed by atoms with Gasteiger partial charge in [0, 0.05) is 30.4 Å². The molecule has 30 heavy (non-hydrogen) atoms. The molecule has 1 aromatic heterocycles. The lowest BCUT2D eigenvalue weighted by molar-refractivity contribution is 0.102. The van der Waals surface area contributed by atoms with Gasteiger partial charge in [0.05, 0.1) is 22.3 Å². The number of fused-ring (bicyclic) bond motifs is 1. The number of rotatable bonds is 5. The summed E-state index contributed by atoms with van der Waals surface area (Å²) in [5.41, 5.74) is 3.45. The molecule has 2 aromatic carbocycles.